The van der Waals surface area contributed by atoms with Crippen molar-refractivity contribution in [2.75, 3.05) is 13.1 Å². The summed E-state index contributed by atoms with van der Waals surface area (Å²) in [5.74, 6) is -0.490. The highest BCUT2D eigenvalue weighted by molar-refractivity contribution is 7.89. The molecule has 0 unspecified atom stereocenters. The number of rotatable bonds is 5. The van der Waals surface area contributed by atoms with Gasteiger partial charge in [0.25, 0.3) is 0 Å². The average Bonchev–Trinajstić information content (AvgIpc) is 2.24. The quantitative estimate of drug-likeness (QED) is 0.376. The monoisotopic (exact) mass is 258 g/mol. The second-order valence-corrected chi connectivity index (χ2v) is 5.00. The van der Waals surface area contributed by atoms with E-state index in [0.29, 0.717) is 5.56 Å². The number of hydrogen-bond donors (Lipinski definition) is 1. The summed E-state index contributed by atoms with van der Waals surface area (Å²) in [4.78, 5) is 2.51. The molecule has 1 N–H and O–H groups in total. The summed E-state index contributed by atoms with van der Waals surface area (Å²) >= 11 is 0. The zero-order chi connectivity index (χ0) is 12.9. The predicted molar refractivity (Wildman–Crippen MR) is 60.3 cm³/mol. The fourth-order valence-corrected chi connectivity index (χ4v) is 2.51. The van der Waals surface area contributed by atoms with Crippen molar-refractivity contribution in [3.05, 3.63) is 40.0 Å². The van der Waals surface area contributed by atoms with Crippen molar-refractivity contribution in [3.8, 4) is 0 Å². The molecular weight excluding hydrogens is 247 g/mol. The SMILES string of the molecule is Cc1cc(F)ccc1S(=O)(=O)NCCN=[N+]=[N-]. The Balaban J connectivity index is 2.86. The number of hydrogen-bond acceptors (Lipinski definition) is 3. The van der Waals surface area contributed by atoms with Crippen LogP contribution in [-0.2, 0) is 10.0 Å². The molecular formula is C9H11FN4O2S. The van der Waals surface area contributed by atoms with Crippen molar-refractivity contribution in [2.45, 2.75) is 11.8 Å². The van der Waals surface area contributed by atoms with Gasteiger partial charge in [0.1, 0.15) is 5.82 Å². The summed E-state index contributed by atoms with van der Waals surface area (Å²) in [6.07, 6.45) is 0. The normalized spacial score (nSPS) is 10.9. The van der Waals surface area contributed by atoms with Crippen LogP contribution >= 0.6 is 0 Å². The number of sulfonamides is 1. The van der Waals surface area contributed by atoms with Crippen LogP contribution in [0.3, 0.4) is 0 Å². The van der Waals surface area contributed by atoms with Gasteiger partial charge in [-0.05, 0) is 36.2 Å². The first-order chi connectivity index (χ1) is 7.97. The lowest BCUT2D eigenvalue weighted by Gasteiger charge is -2.08. The number of aryl methyl sites for hydroxylation is 1. The first kappa shape index (κ1) is 13.4. The molecule has 0 amide bonds. The summed E-state index contributed by atoms with van der Waals surface area (Å²) in [5, 5.41) is 3.20. The fraction of sp³-hybridized carbons (Fsp3) is 0.333. The van der Waals surface area contributed by atoms with Gasteiger partial charge in [0.15, 0.2) is 0 Å². The van der Waals surface area contributed by atoms with Gasteiger partial charge in [0.2, 0.25) is 10.0 Å². The third kappa shape index (κ3) is 3.70. The Morgan fingerprint density at radius 2 is 2.24 bits per heavy atom. The van der Waals surface area contributed by atoms with Gasteiger partial charge in [-0.25, -0.2) is 17.5 Å². The first-order valence-electron chi connectivity index (χ1n) is 4.74. The van der Waals surface area contributed by atoms with E-state index in [-0.39, 0.29) is 18.0 Å². The van der Waals surface area contributed by atoms with Crippen molar-refractivity contribution in [2.24, 2.45) is 5.11 Å². The molecule has 0 fully saturated rings. The first-order valence-corrected chi connectivity index (χ1v) is 6.22. The van der Waals surface area contributed by atoms with Gasteiger partial charge in [-0.1, -0.05) is 5.11 Å². The topological polar surface area (TPSA) is 94.9 Å². The average molecular weight is 258 g/mol. The van der Waals surface area contributed by atoms with Crippen molar-refractivity contribution in [3.63, 3.8) is 0 Å². The highest BCUT2D eigenvalue weighted by Gasteiger charge is 2.15. The summed E-state index contributed by atoms with van der Waals surface area (Å²) in [5.41, 5.74) is 8.35. The van der Waals surface area contributed by atoms with Crippen LogP contribution in [0.2, 0.25) is 0 Å². The molecule has 8 heteroatoms. The van der Waals surface area contributed by atoms with Crippen LogP contribution < -0.4 is 4.72 Å². The Hall–Kier alpha value is -1.63. The van der Waals surface area contributed by atoms with E-state index in [1.165, 1.54) is 13.0 Å². The molecule has 0 saturated heterocycles. The van der Waals surface area contributed by atoms with Crippen LogP contribution in [0.5, 0.6) is 0 Å². The summed E-state index contributed by atoms with van der Waals surface area (Å²) < 4.78 is 38.6. The van der Waals surface area contributed by atoms with Crippen LogP contribution in [0.15, 0.2) is 28.2 Å². The minimum atomic E-state index is -3.69. The van der Waals surface area contributed by atoms with Gasteiger partial charge in [-0.15, -0.1) is 0 Å². The summed E-state index contributed by atoms with van der Waals surface area (Å²) in [7, 11) is -3.69. The zero-order valence-corrected chi connectivity index (χ0v) is 9.91. The van der Waals surface area contributed by atoms with E-state index in [4.69, 9.17) is 5.53 Å². The Morgan fingerprint density at radius 3 is 2.82 bits per heavy atom. The molecule has 0 aliphatic carbocycles. The van der Waals surface area contributed by atoms with Crippen molar-refractivity contribution >= 4 is 10.0 Å². The zero-order valence-electron chi connectivity index (χ0n) is 9.09. The van der Waals surface area contributed by atoms with E-state index < -0.39 is 15.8 Å². The molecule has 0 bridgehead atoms. The van der Waals surface area contributed by atoms with E-state index >= 15 is 0 Å². The molecule has 0 aliphatic rings. The highest BCUT2D eigenvalue weighted by atomic mass is 32.2. The minimum Gasteiger partial charge on any atom is -0.211 e. The molecule has 0 atom stereocenters. The molecule has 0 aliphatic heterocycles. The molecule has 92 valence electrons. The number of halogens is 1. The summed E-state index contributed by atoms with van der Waals surface area (Å²) in [6, 6.07) is 3.41. The van der Waals surface area contributed by atoms with Gasteiger partial charge < -0.3 is 0 Å². The van der Waals surface area contributed by atoms with E-state index in [0.717, 1.165) is 12.1 Å². The lowest BCUT2D eigenvalue weighted by molar-refractivity contribution is 0.580. The van der Waals surface area contributed by atoms with Gasteiger partial charge in [0, 0.05) is 18.0 Å². The number of nitrogens with zero attached hydrogens (tertiary/aromatic N) is 3. The van der Waals surface area contributed by atoms with Crippen molar-refractivity contribution in [1.82, 2.24) is 4.72 Å². The molecule has 6 nitrogen and oxygen atoms in total. The van der Waals surface area contributed by atoms with Crippen molar-refractivity contribution in [1.29, 1.82) is 0 Å². The standard InChI is InChI=1S/C9H11FN4O2S/c1-7-6-8(10)2-3-9(7)17(15,16)13-5-4-12-14-11/h2-3,6,13H,4-5H2,1H3. The molecule has 0 heterocycles. The largest absolute Gasteiger partial charge is 0.240 e. The molecule has 1 aromatic rings. The number of nitrogens with one attached hydrogen (secondary N) is 1. The Morgan fingerprint density at radius 1 is 1.53 bits per heavy atom. The van der Waals surface area contributed by atoms with Crippen LogP contribution in [-0.4, -0.2) is 21.5 Å². The number of benzene rings is 1. The molecule has 0 spiro atoms. The third-order valence-electron chi connectivity index (χ3n) is 1.99. The third-order valence-corrected chi connectivity index (χ3v) is 3.61. The van der Waals surface area contributed by atoms with E-state index in [9.17, 15) is 12.8 Å². The minimum absolute atomic E-state index is 0.00318. The molecule has 0 saturated carbocycles. The van der Waals surface area contributed by atoms with E-state index in [1.54, 1.807) is 0 Å². The molecule has 17 heavy (non-hydrogen) atoms. The Labute approximate surface area is 98.1 Å². The highest BCUT2D eigenvalue weighted by Crippen LogP contribution is 2.15. The van der Waals surface area contributed by atoms with Crippen LogP contribution in [0.25, 0.3) is 10.4 Å². The van der Waals surface area contributed by atoms with Gasteiger partial charge in [-0.2, -0.15) is 0 Å². The molecule has 0 radical (unpaired) electrons. The Kier molecular flexibility index (Phi) is 4.45. The lowest BCUT2D eigenvalue weighted by Crippen LogP contribution is -2.26. The number of azide groups is 1. The van der Waals surface area contributed by atoms with Gasteiger partial charge in [-0.3, -0.25) is 0 Å². The molecule has 1 rings (SSSR count). The van der Waals surface area contributed by atoms with E-state index in [1.807, 2.05) is 0 Å². The lowest BCUT2D eigenvalue weighted by atomic mass is 10.2. The molecule has 0 aromatic heterocycles. The second-order valence-electron chi connectivity index (χ2n) is 3.26. The van der Waals surface area contributed by atoms with Crippen LogP contribution in [0.1, 0.15) is 5.56 Å². The second kappa shape index (κ2) is 5.62. The van der Waals surface area contributed by atoms with Crippen LogP contribution in [0.4, 0.5) is 4.39 Å². The predicted octanol–water partition coefficient (Wildman–Crippen LogP) is 1.72. The smallest absolute Gasteiger partial charge is 0.211 e. The maximum atomic E-state index is 12.8. The summed E-state index contributed by atoms with van der Waals surface area (Å²) in [6.45, 7) is 1.53. The maximum absolute atomic E-state index is 12.8. The maximum Gasteiger partial charge on any atom is 0.240 e. The Bertz CT molecular complexity index is 552. The molecule has 1 aromatic carbocycles. The van der Waals surface area contributed by atoms with Crippen molar-refractivity contribution < 1.29 is 12.8 Å². The van der Waals surface area contributed by atoms with Crippen LogP contribution in [0, 0.1) is 12.7 Å². The fourth-order valence-electron chi connectivity index (χ4n) is 1.27. The van der Waals surface area contributed by atoms with Gasteiger partial charge >= 0.3 is 0 Å². The van der Waals surface area contributed by atoms with E-state index in [2.05, 4.69) is 14.7 Å². The van der Waals surface area contributed by atoms with Gasteiger partial charge in [0.05, 0.1) is 4.90 Å².